The highest BCUT2D eigenvalue weighted by Gasteiger charge is 2.42. The highest BCUT2D eigenvalue weighted by atomic mass is 16.6. The molecule has 8 nitrogen and oxygen atoms in total. The molecule has 43 heavy (non-hydrogen) atoms. The van der Waals surface area contributed by atoms with Gasteiger partial charge in [-0.15, -0.1) is 0 Å². The lowest BCUT2D eigenvalue weighted by Crippen LogP contribution is -2.57. The number of ether oxygens (including phenoxy) is 1. The second-order valence-corrected chi connectivity index (χ2v) is 12.5. The summed E-state index contributed by atoms with van der Waals surface area (Å²) in [5.41, 5.74) is 4.25. The molecule has 1 aliphatic rings. The van der Waals surface area contributed by atoms with Gasteiger partial charge in [-0.25, -0.2) is 4.79 Å². The lowest BCUT2D eigenvalue weighted by molar-refractivity contribution is -0.145. The predicted octanol–water partition coefficient (Wildman–Crippen LogP) is 6.51. The normalized spacial score (nSPS) is 14.7. The quantitative estimate of drug-likeness (QED) is 0.265. The van der Waals surface area contributed by atoms with Gasteiger partial charge in [0.1, 0.15) is 23.4 Å². The lowest BCUT2D eigenvalue weighted by Gasteiger charge is -2.43. The lowest BCUT2D eigenvalue weighted by atomic mass is 9.87. The number of benzene rings is 3. The minimum Gasteiger partial charge on any atom is -0.508 e. The van der Waals surface area contributed by atoms with Gasteiger partial charge in [0.15, 0.2) is 0 Å². The fraction of sp³-hybridized carbons (Fsp3) is 0.400. The van der Waals surface area contributed by atoms with E-state index in [2.05, 4.69) is 10.6 Å². The molecular weight excluding hydrogens is 542 g/mol. The molecule has 4 rings (SSSR count). The van der Waals surface area contributed by atoms with Gasteiger partial charge in [0.25, 0.3) is 5.91 Å². The maximum atomic E-state index is 14.7. The molecule has 0 aromatic heterocycles. The maximum Gasteiger partial charge on any atom is 0.408 e. The van der Waals surface area contributed by atoms with Crippen molar-refractivity contribution >= 4 is 23.6 Å². The molecule has 0 spiro atoms. The number of carbonyl (C=O) groups excluding carboxylic acids is 3. The second kappa shape index (κ2) is 13.3. The van der Waals surface area contributed by atoms with Crippen LogP contribution in [0.5, 0.6) is 5.75 Å². The van der Waals surface area contributed by atoms with E-state index in [4.69, 9.17) is 4.74 Å². The van der Waals surface area contributed by atoms with Crippen molar-refractivity contribution in [1.29, 1.82) is 0 Å². The molecule has 0 heterocycles. The second-order valence-electron chi connectivity index (χ2n) is 12.5. The van der Waals surface area contributed by atoms with Gasteiger partial charge in [-0.05, 0) is 95.7 Å². The summed E-state index contributed by atoms with van der Waals surface area (Å²) in [5, 5.41) is 15.7. The number of phenols is 1. The smallest absolute Gasteiger partial charge is 0.408 e. The van der Waals surface area contributed by atoms with E-state index in [9.17, 15) is 19.5 Å². The Balaban J connectivity index is 1.78. The van der Waals surface area contributed by atoms with Gasteiger partial charge in [-0.2, -0.15) is 0 Å². The van der Waals surface area contributed by atoms with Crippen molar-refractivity contribution in [2.45, 2.75) is 91.0 Å². The molecule has 1 fully saturated rings. The maximum absolute atomic E-state index is 14.7. The Morgan fingerprint density at radius 2 is 1.58 bits per heavy atom. The number of nitrogens with zero attached hydrogens (tertiary/aromatic N) is 1. The van der Waals surface area contributed by atoms with Crippen LogP contribution in [0.1, 0.15) is 73.9 Å². The molecule has 3 amide bonds. The number of aryl methyl sites for hydroxylation is 3. The minimum absolute atomic E-state index is 0.102. The summed E-state index contributed by atoms with van der Waals surface area (Å²) in [7, 11) is 0. The van der Waals surface area contributed by atoms with Crippen LogP contribution in [-0.4, -0.2) is 45.6 Å². The van der Waals surface area contributed by atoms with Crippen LogP contribution in [0.4, 0.5) is 10.5 Å². The fourth-order valence-corrected chi connectivity index (χ4v) is 5.40. The standard InChI is InChI=1S/C35H43N3O5/c1-22-18-23(2)20-26(19-22)31(32(40)36-29-13-8-7-10-24(29)3)38(27-11-9-12-27)33(41)30(37-34(42)43-35(4,5)6)21-25-14-16-28(39)17-15-25/h7-8,10,13-20,27,30-31,39H,9,11-12,21H2,1-6H3,(H,36,40)(H,37,42). The average molecular weight is 586 g/mol. The topological polar surface area (TPSA) is 108 Å². The van der Waals surface area contributed by atoms with Gasteiger partial charge in [0.2, 0.25) is 5.91 Å². The van der Waals surface area contributed by atoms with Crippen LogP contribution >= 0.6 is 0 Å². The zero-order valence-corrected chi connectivity index (χ0v) is 25.9. The number of amides is 3. The van der Waals surface area contributed by atoms with E-state index in [0.717, 1.165) is 41.5 Å². The Bertz CT molecular complexity index is 1440. The minimum atomic E-state index is -1.01. The SMILES string of the molecule is Cc1cc(C)cc(C(C(=O)Nc2ccccc2C)N(C(=O)C(Cc2ccc(O)cc2)NC(=O)OC(C)(C)C)C2CCC2)c1. The molecule has 2 unspecified atom stereocenters. The Morgan fingerprint density at radius 1 is 0.953 bits per heavy atom. The van der Waals surface area contributed by atoms with Gasteiger partial charge < -0.3 is 25.4 Å². The summed E-state index contributed by atoms with van der Waals surface area (Å²) in [6.07, 6.45) is 1.88. The van der Waals surface area contributed by atoms with E-state index >= 15 is 0 Å². The van der Waals surface area contributed by atoms with E-state index in [1.807, 2.05) is 63.2 Å². The zero-order valence-electron chi connectivity index (χ0n) is 25.9. The van der Waals surface area contributed by atoms with E-state index in [0.29, 0.717) is 11.3 Å². The monoisotopic (exact) mass is 585 g/mol. The van der Waals surface area contributed by atoms with Gasteiger partial charge in [-0.3, -0.25) is 9.59 Å². The molecular formula is C35H43N3O5. The fourth-order valence-electron chi connectivity index (χ4n) is 5.40. The third kappa shape index (κ3) is 8.37. The molecule has 2 atom stereocenters. The van der Waals surface area contributed by atoms with Gasteiger partial charge in [0, 0.05) is 18.2 Å². The van der Waals surface area contributed by atoms with Gasteiger partial charge in [-0.1, -0.05) is 59.7 Å². The molecule has 228 valence electrons. The first-order chi connectivity index (χ1) is 20.3. The Kier molecular flexibility index (Phi) is 9.79. The first-order valence-electron chi connectivity index (χ1n) is 14.8. The van der Waals surface area contributed by atoms with Crippen molar-refractivity contribution in [3.8, 4) is 5.75 Å². The Labute approximate surface area is 254 Å². The molecule has 1 aliphatic carbocycles. The van der Waals surface area contributed by atoms with Crippen molar-refractivity contribution in [2.75, 3.05) is 5.32 Å². The first-order valence-corrected chi connectivity index (χ1v) is 14.8. The number of rotatable bonds is 9. The van der Waals surface area contributed by atoms with Crippen molar-refractivity contribution in [3.05, 3.63) is 94.5 Å². The van der Waals surface area contributed by atoms with Crippen molar-refractivity contribution in [2.24, 2.45) is 0 Å². The number of anilines is 1. The molecule has 3 aromatic carbocycles. The third-order valence-electron chi connectivity index (χ3n) is 7.58. The van der Waals surface area contributed by atoms with E-state index in [-0.39, 0.29) is 30.0 Å². The predicted molar refractivity (Wildman–Crippen MR) is 168 cm³/mol. The van der Waals surface area contributed by atoms with Gasteiger partial charge >= 0.3 is 6.09 Å². The molecule has 0 aliphatic heterocycles. The van der Waals surface area contributed by atoms with Crippen molar-refractivity contribution in [1.82, 2.24) is 10.2 Å². The van der Waals surface area contributed by atoms with E-state index in [1.165, 1.54) is 0 Å². The van der Waals surface area contributed by atoms with Crippen LogP contribution in [0.3, 0.4) is 0 Å². The largest absolute Gasteiger partial charge is 0.508 e. The third-order valence-corrected chi connectivity index (χ3v) is 7.58. The van der Waals surface area contributed by atoms with E-state index < -0.39 is 23.8 Å². The van der Waals surface area contributed by atoms with Crippen molar-refractivity contribution in [3.63, 3.8) is 0 Å². The molecule has 8 heteroatoms. The highest BCUT2D eigenvalue weighted by Crippen LogP contribution is 2.35. The van der Waals surface area contributed by atoms with Crippen LogP contribution in [0, 0.1) is 20.8 Å². The van der Waals surface area contributed by atoms with Gasteiger partial charge in [0.05, 0.1) is 0 Å². The molecule has 0 bridgehead atoms. The van der Waals surface area contributed by atoms with Crippen LogP contribution in [0.25, 0.3) is 0 Å². The molecule has 3 aromatic rings. The Morgan fingerprint density at radius 3 is 2.14 bits per heavy atom. The number of aromatic hydroxyl groups is 1. The number of carbonyl (C=O) groups is 3. The van der Waals surface area contributed by atoms with Crippen LogP contribution in [0.15, 0.2) is 66.7 Å². The number of alkyl carbamates (subject to hydrolysis) is 1. The molecule has 1 saturated carbocycles. The van der Waals surface area contributed by atoms with Crippen molar-refractivity contribution < 1.29 is 24.2 Å². The molecule has 0 saturated heterocycles. The summed E-state index contributed by atoms with van der Waals surface area (Å²) in [6.45, 7) is 11.1. The summed E-state index contributed by atoms with van der Waals surface area (Å²) in [4.78, 5) is 43.6. The number of nitrogens with one attached hydrogen (secondary N) is 2. The number of para-hydroxylation sites is 1. The molecule has 3 N–H and O–H groups in total. The summed E-state index contributed by atoms with van der Waals surface area (Å²) in [5.74, 6) is -0.585. The number of hydrogen-bond donors (Lipinski definition) is 3. The summed E-state index contributed by atoms with van der Waals surface area (Å²) in [6, 6.07) is 17.9. The summed E-state index contributed by atoms with van der Waals surface area (Å²) < 4.78 is 5.53. The first kappa shape index (κ1) is 31.6. The molecule has 0 radical (unpaired) electrons. The van der Waals surface area contributed by atoms with Crippen LogP contribution < -0.4 is 10.6 Å². The number of hydrogen-bond acceptors (Lipinski definition) is 5. The highest BCUT2D eigenvalue weighted by molar-refractivity contribution is 5.99. The zero-order chi connectivity index (χ0) is 31.3. The average Bonchev–Trinajstić information content (AvgIpc) is 2.87. The van der Waals surface area contributed by atoms with Crippen LogP contribution in [0.2, 0.25) is 0 Å². The summed E-state index contributed by atoms with van der Waals surface area (Å²) >= 11 is 0. The Hall–Kier alpha value is -4.33. The number of phenolic OH excluding ortho intramolecular Hbond substituents is 1. The van der Waals surface area contributed by atoms with E-state index in [1.54, 1.807) is 49.9 Å². The van der Waals surface area contributed by atoms with Crippen LogP contribution in [-0.2, 0) is 20.7 Å².